The van der Waals surface area contributed by atoms with Crippen molar-refractivity contribution in [2.45, 2.75) is 40.2 Å². The van der Waals surface area contributed by atoms with Crippen LogP contribution in [0, 0.1) is 6.92 Å². The molecule has 1 N–H and O–H groups in total. The Balaban J connectivity index is 1.78. The Morgan fingerprint density at radius 2 is 1.73 bits per heavy atom. The van der Waals surface area contributed by atoms with E-state index in [1.807, 2.05) is 12.1 Å². The van der Waals surface area contributed by atoms with Crippen molar-refractivity contribution in [3.63, 3.8) is 0 Å². The molecular weight excluding hydrogens is 392 g/mol. The van der Waals surface area contributed by atoms with Crippen molar-refractivity contribution in [1.29, 1.82) is 0 Å². The fourth-order valence-corrected chi connectivity index (χ4v) is 4.17. The average Bonchev–Trinajstić information content (AvgIpc) is 3.24. The van der Waals surface area contributed by atoms with Crippen LogP contribution in [0.5, 0.6) is 0 Å². The lowest BCUT2D eigenvalue weighted by Gasteiger charge is -2.36. The highest BCUT2D eigenvalue weighted by Crippen LogP contribution is 2.37. The van der Waals surface area contributed by atoms with E-state index < -0.39 is 0 Å². The summed E-state index contributed by atoms with van der Waals surface area (Å²) in [7, 11) is 0. The maximum atomic E-state index is 5.76. The molecule has 6 heteroatoms. The van der Waals surface area contributed by atoms with Gasteiger partial charge in [0, 0.05) is 17.8 Å². The van der Waals surface area contributed by atoms with Crippen molar-refractivity contribution in [2.75, 3.05) is 6.54 Å². The van der Waals surface area contributed by atoms with Crippen molar-refractivity contribution in [1.82, 2.24) is 20.4 Å². The summed E-state index contributed by atoms with van der Waals surface area (Å²) in [6, 6.07) is 16.6. The Hall–Kier alpha value is -2.99. The second-order valence-corrected chi connectivity index (χ2v) is 7.90. The maximum Gasteiger partial charge on any atom is 0.258 e. The van der Waals surface area contributed by atoms with Crippen LogP contribution in [0.3, 0.4) is 0 Å². The van der Waals surface area contributed by atoms with Crippen molar-refractivity contribution in [3.05, 3.63) is 76.8 Å². The third-order valence-corrected chi connectivity index (χ3v) is 5.94. The average molecular weight is 419 g/mol. The van der Waals surface area contributed by atoms with E-state index in [2.05, 4.69) is 79.5 Å². The molecule has 5 nitrogen and oxygen atoms in total. The van der Waals surface area contributed by atoms with Crippen LogP contribution in [-0.2, 0) is 6.42 Å². The molecule has 0 spiro atoms. The first-order valence-electron chi connectivity index (χ1n) is 10.3. The first-order valence-corrected chi connectivity index (χ1v) is 10.7. The third kappa shape index (κ3) is 3.75. The van der Waals surface area contributed by atoms with Gasteiger partial charge in [-0.3, -0.25) is 0 Å². The monoisotopic (exact) mass is 418 g/mol. The molecular formula is C24H26N4OS. The molecule has 1 atom stereocenters. The van der Waals surface area contributed by atoms with Gasteiger partial charge in [0.15, 0.2) is 5.11 Å². The Morgan fingerprint density at radius 3 is 2.37 bits per heavy atom. The number of aryl methyl sites for hydroxylation is 2. The highest BCUT2D eigenvalue weighted by molar-refractivity contribution is 7.80. The third-order valence-electron chi connectivity index (χ3n) is 5.60. The van der Waals surface area contributed by atoms with Crippen LogP contribution >= 0.6 is 12.2 Å². The molecule has 3 aromatic rings. The van der Waals surface area contributed by atoms with E-state index in [0.717, 1.165) is 35.4 Å². The second-order valence-electron chi connectivity index (χ2n) is 7.51. The first-order chi connectivity index (χ1) is 14.5. The maximum absolute atomic E-state index is 5.76. The molecule has 0 bridgehead atoms. The Labute approximate surface area is 182 Å². The molecule has 0 amide bonds. The highest BCUT2D eigenvalue weighted by Gasteiger charge is 2.33. The van der Waals surface area contributed by atoms with E-state index in [1.54, 1.807) is 0 Å². The second kappa shape index (κ2) is 8.40. The summed E-state index contributed by atoms with van der Waals surface area (Å²) >= 11 is 5.63. The standard InChI is InChI=1S/C24H26N4OS/c1-5-17-9-13-19(14-10-17)22-26-23(29-27-22)20-16(4)28(6-2)24(30)25-21(20)18-11-7-15(3)8-12-18/h7-14,21H,5-6H2,1-4H3,(H,25,30). The quantitative estimate of drug-likeness (QED) is 0.568. The summed E-state index contributed by atoms with van der Waals surface area (Å²) in [5.74, 6) is 1.10. The summed E-state index contributed by atoms with van der Waals surface area (Å²) in [6.07, 6.45) is 1.00. The van der Waals surface area contributed by atoms with Gasteiger partial charge in [0.05, 0.1) is 11.6 Å². The number of thiocarbonyl (C=S) groups is 1. The summed E-state index contributed by atoms with van der Waals surface area (Å²) in [4.78, 5) is 6.82. The van der Waals surface area contributed by atoms with E-state index >= 15 is 0 Å². The van der Waals surface area contributed by atoms with Gasteiger partial charge >= 0.3 is 0 Å². The lowest BCUT2D eigenvalue weighted by molar-refractivity contribution is 0.398. The molecule has 0 saturated heterocycles. The fourth-order valence-electron chi connectivity index (χ4n) is 3.79. The van der Waals surface area contributed by atoms with E-state index in [4.69, 9.17) is 21.7 Å². The largest absolute Gasteiger partial charge is 0.351 e. The number of rotatable bonds is 5. The number of nitrogens with one attached hydrogen (secondary N) is 1. The van der Waals surface area contributed by atoms with E-state index in [9.17, 15) is 0 Å². The molecule has 1 unspecified atom stereocenters. The molecule has 0 aliphatic carbocycles. The summed E-state index contributed by atoms with van der Waals surface area (Å²) in [6.45, 7) is 9.13. The Kier molecular flexibility index (Phi) is 5.68. The molecule has 0 radical (unpaired) electrons. The minimum absolute atomic E-state index is 0.142. The fraction of sp³-hybridized carbons (Fsp3) is 0.292. The summed E-state index contributed by atoms with van der Waals surface area (Å²) in [5, 5.41) is 8.44. The van der Waals surface area contributed by atoms with Gasteiger partial charge < -0.3 is 14.7 Å². The van der Waals surface area contributed by atoms with Gasteiger partial charge in [-0.25, -0.2) is 0 Å². The number of allylic oxidation sites excluding steroid dienone is 1. The van der Waals surface area contributed by atoms with Gasteiger partial charge in [-0.1, -0.05) is 66.2 Å². The minimum atomic E-state index is -0.142. The molecule has 0 saturated carbocycles. The van der Waals surface area contributed by atoms with Gasteiger partial charge in [-0.15, -0.1) is 0 Å². The number of nitrogens with zero attached hydrogens (tertiary/aromatic N) is 3. The Morgan fingerprint density at radius 1 is 1.03 bits per heavy atom. The number of aromatic nitrogens is 2. The van der Waals surface area contributed by atoms with Crippen LogP contribution in [0.4, 0.5) is 0 Å². The predicted molar refractivity (Wildman–Crippen MR) is 124 cm³/mol. The van der Waals surface area contributed by atoms with Gasteiger partial charge in [0.1, 0.15) is 0 Å². The van der Waals surface area contributed by atoms with Crippen LogP contribution in [-0.4, -0.2) is 26.7 Å². The van der Waals surface area contributed by atoms with Crippen LogP contribution in [0.2, 0.25) is 0 Å². The molecule has 4 rings (SSSR count). The van der Waals surface area contributed by atoms with Crippen molar-refractivity contribution >= 4 is 22.9 Å². The van der Waals surface area contributed by atoms with E-state index in [-0.39, 0.29) is 6.04 Å². The first kappa shape index (κ1) is 20.3. The zero-order valence-corrected chi connectivity index (χ0v) is 18.6. The zero-order chi connectivity index (χ0) is 21.3. The smallest absolute Gasteiger partial charge is 0.258 e. The zero-order valence-electron chi connectivity index (χ0n) is 17.8. The van der Waals surface area contributed by atoms with Crippen molar-refractivity contribution in [3.8, 4) is 11.4 Å². The predicted octanol–water partition coefficient (Wildman–Crippen LogP) is 5.29. The van der Waals surface area contributed by atoms with Gasteiger partial charge in [0.25, 0.3) is 5.89 Å². The number of hydrogen-bond acceptors (Lipinski definition) is 4. The number of hydrogen-bond donors (Lipinski definition) is 1. The number of benzene rings is 2. The van der Waals surface area contributed by atoms with E-state index in [0.29, 0.717) is 16.8 Å². The van der Waals surface area contributed by atoms with Crippen LogP contribution in [0.25, 0.3) is 17.0 Å². The lowest BCUT2D eigenvalue weighted by atomic mass is 9.94. The van der Waals surface area contributed by atoms with Crippen LogP contribution in [0.15, 0.2) is 58.8 Å². The molecule has 0 fully saturated rings. The highest BCUT2D eigenvalue weighted by atomic mass is 32.1. The summed E-state index contributed by atoms with van der Waals surface area (Å²) < 4.78 is 5.76. The molecule has 1 aliphatic rings. The van der Waals surface area contributed by atoms with Crippen LogP contribution in [0.1, 0.15) is 49.4 Å². The SMILES string of the molecule is CCc1ccc(-c2noc(C3=C(C)N(CC)C(=S)NC3c3ccc(C)cc3)n2)cc1. The molecule has 1 aromatic heterocycles. The molecule has 1 aliphatic heterocycles. The van der Waals surface area contributed by atoms with E-state index in [1.165, 1.54) is 11.1 Å². The molecule has 2 aromatic carbocycles. The van der Waals surface area contributed by atoms with Crippen LogP contribution < -0.4 is 5.32 Å². The normalized spacial score (nSPS) is 16.7. The van der Waals surface area contributed by atoms with Gasteiger partial charge in [0.2, 0.25) is 5.82 Å². The topological polar surface area (TPSA) is 54.2 Å². The van der Waals surface area contributed by atoms with Gasteiger partial charge in [-0.2, -0.15) is 4.98 Å². The lowest BCUT2D eigenvalue weighted by Crippen LogP contribution is -2.45. The molecule has 2 heterocycles. The molecule has 30 heavy (non-hydrogen) atoms. The molecule has 154 valence electrons. The summed E-state index contributed by atoms with van der Waals surface area (Å²) in [5.41, 5.74) is 6.54. The Bertz CT molecular complexity index is 1080. The van der Waals surface area contributed by atoms with Gasteiger partial charge in [-0.05, 0) is 50.5 Å². The minimum Gasteiger partial charge on any atom is -0.351 e. The van der Waals surface area contributed by atoms with Crippen molar-refractivity contribution < 1.29 is 4.52 Å². The van der Waals surface area contributed by atoms with Crippen molar-refractivity contribution in [2.24, 2.45) is 0 Å².